The van der Waals surface area contributed by atoms with Gasteiger partial charge in [-0.1, -0.05) is 18.2 Å². The molecule has 2 aliphatic rings. The summed E-state index contributed by atoms with van der Waals surface area (Å²) in [5.41, 5.74) is 3.71. The number of hydrogen-bond acceptors (Lipinski definition) is 2. The van der Waals surface area contributed by atoms with E-state index in [1.165, 1.54) is 16.6 Å². The Balaban J connectivity index is 1.48. The van der Waals surface area contributed by atoms with Crippen LogP contribution in [-0.4, -0.2) is 40.0 Å². The number of para-hydroxylation sites is 1. The highest BCUT2D eigenvalue weighted by molar-refractivity contribution is 5.87. The summed E-state index contributed by atoms with van der Waals surface area (Å²) in [5.74, 6) is -0.795. The number of aromatic amines is 1. The number of H-pyrrole nitrogens is 1. The van der Waals surface area contributed by atoms with Crippen molar-refractivity contribution in [2.24, 2.45) is 11.8 Å². The number of aromatic nitrogens is 1. The molecule has 1 aliphatic carbocycles. The number of carboxylic acids is 1. The van der Waals surface area contributed by atoms with Crippen molar-refractivity contribution < 1.29 is 14.7 Å². The van der Waals surface area contributed by atoms with Crippen molar-refractivity contribution in [1.82, 2.24) is 9.88 Å². The molecular weight excluding hydrogens is 304 g/mol. The van der Waals surface area contributed by atoms with E-state index < -0.39 is 5.97 Å². The van der Waals surface area contributed by atoms with Gasteiger partial charge in [-0.3, -0.25) is 9.59 Å². The molecule has 24 heavy (non-hydrogen) atoms. The number of benzene rings is 1. The summed E-state index contributed by atoms with van der Waals surface area (Å²) in [7, 11) is 0. The van der Waals surface area contributed by atoms with E-state index in [1.54, 1.807) is 0 Å². The van der Waals surface area contributed by atoms with Gasteiger partial charge in [0.25, 0.3) is 0 Å². The molecule has 2 aromatic rings. The zero-order valence-corrected chi connectivity index (χ0v) is 13.6. The molecule has 2 heterocycles. The average Bonchev–Trinajstić information content (AvgIpc) is 2.99. The largest absolute Gasteiger partial charge is 0.481 e. The summed E-state index contributed by atoms with van der Waals surface area (Å²) in [6.07, 6.45) is 3.72. The standard InChI is InChI=1S/C19H22N2O3/c22-18(21-9-7-12(8-10-21)19(23)24)13-5-6-17-15(11-13)14-3-1-2-4-16(14)20-17/h1-4,12-13,20H,5-11H2,(H,23,24). The van der Waals surface area contributed by atoms with Gasteiger partial charge < -0.3 is 15.0 Å². The van der Waals surface area contributed by atoms with Crippen LogP contribution in [0.5, 0.6) is 0 Å². The monoisotopic (exact) mass is 326 g/mol. The minimum absolute atomic E-state index is 0.0260. The van der Waals surface area contributed by atoms with E-state index in [-0.39, 0.29) is 17.7 Å². The molecule has 1 amide bonds. The van der Waals surface area contributed by atoms with Crippen molar-refractivity contribution in [3.05, 3.63) is 35.5 Å². The summed E-state index contributed by atoms with van der Waals surface area (Å²) in [4.78, 5) is 29.3. The SMILES string of the molecule is O=C(O)C1CCN(C(=O)C2CCc3[nH]c4ccccc4c3C2)CC1. The second-order valence-corrected chi connectivity index (χ2v) is 7.01. The van der Waals surface area contributed by atoms with Crippen LogP contribution >= 0.6 is 0 Å². The molecule has 0 radical (unpaired) electrons. The Hall–Kier alpha value is -2.30. The van der Waals surface area contributed by atoms with E-state index in [9.17, 15) is 9.59 Å². The quantitative estimate of drug-likeness (QED) is 0.891. The van der Waals surface area contributed by atoms with E-state index in [4.69, 9.17) is 5.11 Å². The third-order valence-corrected chi connectivity index (χ3v) is 5.60. The molecule has 0 saturated carbocycles. The smallest absolute Gasteiger partial charge is 0.306 e. The van der Waals surface area contributed by atoms with E-state index in [0.717, 1.165) is 24.8 Å². The predicted molar refractivity (Wildman–Crippen MR) is 90.8 cm³/mol. The van der Waals surface area contributed by atoms with Gasteiger partial charge in [-0.05, 0) is 43.7 Å². The zero-order valence-electron chi connectivity index (χ0n) is 13.6. The first kappa shape index (κ1) is 15.2. The van der Waals surface area contributed by atoms with Gasteiger partial charge in [-0.15, -0.1) is 0 Å². The van der Waals surface area contributed by atoms with Gasteiger partial charge in [0.15, 0.2) is 0 Å². The molecule has 1 aliphatic heterocycles. The molecule has 1 aromatic carbocycles. The first-order valence-electron chi connectivity index (χ1n) is 8.73. The van der Waals surface area contributed by atoms with Gasteiger partial charge >= 0.3 is 5.97 Å². The van der Waals surface area contributed by atoms with Crippen LogP contribution in [0.2, 0.25) is 0 Å². The third kappa shape index (κ3) is 2.58. The molecule has 126 valence electrons. The number of hydrogen-bond donors (Lipinski definition) is 2. The highest BCUT2D eigenvalue weighted by Crippen LogP contribution is 2.33. The average molecular weight is 326 g/mol. The van der Waals surface area contributed by atoms with E-state index in [0.29, 0.717) is 25.9 Å². The van der Waals surface area contributed by atoms with Gasteiger partial charge in [0.1, 0.15) is 0 Å². The molecule has 1 saturated heterocycles. The summed E-state index contributed by atoms with van der Waals surface area (Å²) in [6, 6.07) is 8.27. The second kappa shape index (κ2) is 5.96. The van der Waals surface area contributed by atoms with Crippen molar-refractivity contribution in [3.8, 4) is 0 Å². The van der Waals surface area contributed by atoms with Crippen LogP contribution in [0.3, 0.4) is 0 Å². The number of carboxylic acid groups (broad SMARTS) is 1. The number of carbonyl (C=O) groups is 2. The van der Waals surface area contributed by atoms with Crippen LogP contribution in [0.25, 0.3) is 10.9 Å². The van der Waals surface area contributed by atoms with Gasteiger partial charge in [-0.25, -0.2) is 0 Å². The second-order valence-electron chi connectivity index (χ2n) is 7.01. The van der Waals surface area contributed by atoms with Crippen molar-refractivity contribution in [2.75, 3.05) is 13.1 Å². The molecule has 1 fully saturated rings. The van der Waals surface area contributed by atoms with Crippen LogP contribution in [0.4, 0.5) is 0 Å². The molecule has 1 atom stereocenters. The van der Waals surface area contributed by atoms with Crippen molar-refractivity contribution in [3.63, 3.8) is 0 Å². The lowest BCUT2D eigenvalue weighted by Crippen LogP contribution is -2.44. The lowest BCUT2D eigenvalue weighted by Gasteiger charge is -2.34. The number of nitrogens with one attached hydrogen (secondary N) is 1. The van der Waals surface area contributed by atoms with Crippen molar-refractivity contribution in [1.29, 1.82) is 0 Å². The van der Waals surface area contributed by atoms with Crippen LogP contribution in [0.1, 0.15) is 30.5 Å². The van der Waals surface area contributed by atoms with Gasteiger partial charge in [0.2, 0.25) is 5.91 Å². The van der Waals surface area contributed by atoms with Crippen LogP contribution in [0, 0.1) is 11.8 Å². The number of carbonyl (C=O) groups excluding carboxylic acids is 1. The minimum atomic E-state index is -0.733. The normalized spacial score (nSPS) is 21.7. The van der Waals surface area contributed by atoms with Gasteiger partial charge in [-0.2, -0.15) is 0 Å². The van der Waals surface area contributed by atoms with Crippen LogP contribution < -0.4 is 0 Å². The summed E-state index contributed by atoms with van der Waals surface area (Å²) in [6.45, 7) is 1.15. The van der Waals surface area contributed by atoms with E-state index >= 15 is 0 Å². The fourth-order valence-electron chi connectivity index (χ4n) is 4.19. The maximum absolute atomic E-state index is 12.9. The Labute approximate surface area is 140 Å². The third-order valence-electron chi connectivity index (χ3n) is 5.60. The highest BCUT2D eigenvalue weighted by atomic mass is 16.4. The first-order chi connectivity index (χ1) is 11.6. The lowest BCUT2D eigenvalue weighted by molar-refractivity contribution is -0.146. The molecule has 1 aromatic heterocycles. The number of fused-ring (bicyclic) bond motifs is 3. The molecule has 0 spiro atoms. The Morgan fingerprint density at radius 2 is 1.83 bits per heavy atom. The Bertz CT molecular complexity index is 787. The van der Waals surface area contributed by atoms with Crippen molar-refractivity contribution in [2.45, 2.75) is 32.1 Å². The molecule has 5 heteroatoms. The molecule has 5 nitrogen and oxygen atoms in total. The number of aliphatic carboxylic acids is 1. The molecule has 0 bridgehead atoms. The first-order valence-corrected chi connectivity index (χ1v) is 8.73. The Morgan fingerprint density at radius 3 is 2.58 bits per heavy atom. The Kier molecular flexibility index (Phi) is 3.79. The minimum Gasteiger partial charge on any atom is -0.481 e. The summed E-state index contributed by atoms with van der Waals surface area (Å²) < 4.78 is 0. The number of rotatable bonds is 2. The number of amides is 1. The zero-order chi connectivity index (χ0) is 16.7. The predicted octanol–water partition coefficient (Wildman–Crippen LogP) is 2.60. The van der Waals surface area contributed by atoms with E-state index in [2.05, 4.69) is 17.1 Å². The fourth-order valence-corrected chi connectivity index (χ4v) is 4.19. The fraction of sp³-hybridized carbons (Fsp3) is 0.474. The van der Waals surface area contributed by atoms with Crippen LogP contribution in [-0.2, 0) is 22.4 Å². The highest BCUT2D eigenvalue weighted by Gasteiger charge is 2.33. The maximum Gasteiger partial charge on any atom is 0.306 e. The summed E-state index contributed by atoms with van der Waals surface area (Å²) in [5, 5.41) is 10.3. The molecule has 4 rings (SSSR count). The number of aryl methyl sites for hydroxylation is 1. The van der Waals surface area contributed by atoms with Crippen molar-refractivity contribution >= 4 is 22.8 Å². The molecule has 1 unspecified atom stereocenters. The number of likely N-dealkylation sites (tertiary alicyclic amines) is 1. The lowest BCUT2D eigenvalue weighted by atomic mass is 9.85. The molecular formula is C19H22N2O3. The van der Waals surface area contributed by atoms with E-state index in [1.807, 2.05) is 17.0 Å². The summed E-state index contributed by atoms with van der Waals surface area (Å²) >= 11 is 0. The molecule has 2 N–H and O–H groups in total. The number of piperidine rings is 1. The van der Waals surface area contributed by atoms with Gasteiger partial charge in [0, 0.05) is 35.6 Å². The number of nitrogens with zero attached hydrogens (tertiary/aromatic N) is 1. The van der Waals surface area contributed by atoms with Crippen LogP contribution in [0.15, 0.2) is 24.3 Å². The Morgan fingerprint density at radius 1 is 1.08 bits per heavy atom. The maximum atomic E-state index is 12.9. The van der Waals surface area contributed by atoms with Gasteiger partial charge in [0.05, 0.1) is 5.92 Å². The topological polar surface area (TPSA) is 73.4 Å².